The first kappa shape index (κ1) is 15.9. The number of benzene rings is 1. The summed E-state index contributed by atoms with van der Waals surface area (Å²) in [5.41, 5.74) is 0.278. The Morgan fingerprint density at radius 2 is 2.11 bits per heavy atom. The van der Waals surface area contributed by atoms with E-state index in [0.29, 0.717) is 19.8 Å². The van der Waals surface area contributed by atoms with Crippen LogP contribution < -0.4 is 0 Å². The number of amides is 1. The maximum Gasteiger partial charge on any atom is 0.261 e. The van der Waals surface area contributed by atoms with E-state index in [0.717, 1.165) is 0 Å². The molecule has 0 aliphatic heterocycles. The topological polar surface area (TPSA) is 63.7 Å². The normalized spacial score (nSPS) is 11.3. The van der Waals surface area contributed by atoms with Gasteiger partial charge in [-0.2, -0.15) is 0 Å². The van der Waals surface area contributed by atoms with Gasteiger partial charge in [-0.15, -0.1) is 0 Å². The molecule has 7 heteroatoms. The van der Waals surface area contributed by atoms with E-state index in [-0.39, 0.29) is 16.4 Å². The van der Waals surface area contributed by atoms with Gasteiger partial charge >= 0.3 is 0 Å². The van der Waals surface area contributed by atoms with Crippen molar-refractivity contribution in [2.24, 2.45) is 0 Å². The summed E-state index contributed by atoms with van der Waals surface area (Å²) in [6.45, 7) is 3.33. The van der Waals surface area contributed by atoms with Gasteiger partial charge in [0.2, 0.25) is 0 Å². The highest BCUT2D eigenvalue weighted by molar-refractivity contribution is 8.13. The van der Waals surface area contributed by atoms with Gasteiger partial charge in [-0.1, -0.05) is 6.07 Å². The van der Waals surface area contributed by atoms with E-state index in [2.05, 4.69) is 0 Å². The van der Waals surface area contributed by atoms with E-state index < -0.39 is 9.05 Å². The molecule has 0 aromatic heterocycles. The number of hydrogen-bond donors (Lipinski definition) is 0. The molecule has 0 aliphatic carbocycles. The van der Waals surface area contributed by atoms with Gasteiger partial charge in [-0.3, -0.25) is 4.79 Å². The lowest BCUT2D eigenvalue weighted by Gasteiger charge is -2.17. The van der Waals surface area contributed by atoms with Crippen molar-refractivity contribution >= 4 is 25.6 Å². The smallest absolute Gasteiger partial charge is 0.261 e. The monoisotopic (exact) mass is 305 g/mol. The third-order valence-corrected chi connectivity index (χ3v) is 3.84. The minimum Gasteiger partial charge on any atom is -0.380 e. The van der Waals surface area contributed by atoms with Crippen LogP contribution in [0.2, 0.25) is 0 Å². The first-order chi connectivity index (χ1) is 8.86. The quantitative estimate of drug-likeness (QED) is 0.593. The van der Waals surface area contributed by atoms with Gasteiger partial charge in [0.1, 0.15) is 0 Å². The molecule has 0 heterocycles. The van der Waals surface area contributed by atoms with Gasteiger partial charge in [-0.05, 0) is 25.1 Å². The third-order valence-electron chi connectivity index (χ3n) is 2.48. The molecular formula is C12H16ClNO4S. The van der Waals surface area contributed by atoms with Crippen molar-refractivity contribution in [3.05, 3.63) is 29.8 Å². The van der Waals surface area contributed by atoms with Gasteiger partial charge in [-0.25, -0.2) is 8.42 Å². The van der Waals surface area contributed by atoms with Crippen molar-refractivity contribution in [1.29, 1.82) is 0 Å². The Bertz CT molecular complexity index is 544. The molecule has 0 radical (unpaired) electrons. The number of carbonyl (C=O) groups excluding carboxylic acids is 1. The zero-order valence-electron chi connectivity index (χ0n) is 10.8. The summed E-state index contributed by atoms with van der Waals surface area (Å²) in [4.78, 5) is 13.4. The molecule has 5 nitrogen and oxygen atoms in total. The number of nitrogens with zero attached hydrogens (tertiary/aromatic N) is 1. The van der Waals surface area contributed by atoms with Crippen molar-refractivity contribution in [3.63, 3.8) is 0 Å². The summed E-state index contributed by atoms with van der Waals surface area (Å²) in [7, 11) is 3.04. The van der Waals surface area contributed by atoms with Crippen LogP contribution in [0.15, 0.2) is 29.2 Å². The summed E-state index contributed by atoms with van der Waals surface area (Å²) in [6.07, 6.45) is 0. The number of likely N-dealkylation sites (N-methyl/N-ethyl adjacent to an activating group) is 1. The fourth-order valence-corrected chi connectivity index (χ4v) is 2.25. The third kappa shape index (κ3) is 4.81. The van der Waals surface area contributed by atoms with Crippen LogP contribution in [0.25, 0.3) is 0 Å². The molecule has 0 fully saturated rings. The maximum atomic E-state index is 12.1. The second-order valence-electron chi connectivity index (χ2n) is 3.89. The lowest BCUT2D eigenvalue weighted by molar-refractivity contribution is 0.0709. The van der Waals surface area contributed by atoms with Crippen molar-refractivity contribution in [3.8, 4) is 0 Å². The molecule has 0 bridgehead atoms. The zero-order chi connectivity index (χ0) is 14.5. The van der Waals surface area contributed by atoms with E-state index in [1.165, 1.54) is 23.1 Å². The first-order valence-electron chi connectivity index (χ1n) is 5.74. The van der Waals surface area contributed by atoms with E-state index in [9.17, 15) is 13.2 Å². The highest BCUT2D eigenvalue weighted by atomic mass is 35.7. The van der Waals surface area contributed by atoms with Gasteiger partial charge < -0.3 is 9.64 Å². The van der Waals surface area contributed by atoms with Gasteiger partial charge in [0, 0.05) is 36.4 Å². The van der Waals surface area contributed by atoms with Crippen molar-refractivity contribution in [1.82, 2.24) is 4.90 Å². The Morgan fingerprint density at radius 1 is 1.42 bits per heavy atom. The van der Waals surface area contributed by atoms with E-state index in [4.69, 9.17) is 15.4 Å². The number of hydrogen-bond acceptors (Lipinski definition) is 4. The van der Waals surface area contributed by atoms with Crippen molar-refractivity contribution in [2.45, 2.75) is 11.8 Å². The molecule has 0 unspecified atom stereocenters. The lowest BCUT2D eigenvalue weighted by atomic mass is 10.2. The molecule has 0 saturated carbocycles. The van der Waals surface area contributed by atoms with Crippen LogP contribution >= 0.6 is 10.7 Å². The largest absolute Gasteiger partial charge is 0.380 e. The van der Waals surface area contributed by atoms with Crippen LogP contribution in [0.1, 0.15) is 17.3 Å². The van der Waals surface area contributed by atoms with E-state index >= 15 is 0 Å². The van der Waals surface area contributed by atoms with Crippen LogP contribution in [0.3, 0.4) is 0 Å². The van der Waals surface area contributed by atoms with E-state index in [1.54, 1.807) is 13.1 Å². The molecule has 1 aromatic carbocycles. The molecule has 19 heavy (non-hydrogen) atoms. The standard InChI is InChI=1S/C12H16ClNO4S/c1-3-18-8-7-14(2)12(15)10-5-4-6-11(9-10)19(13,16)17/h4-6,9H,3,7-8H2,1-2H3. The molecule has 0 spiro atoms. The summed E-state index contributed by atoms with van der Waals surface area (Å²) < 4.78 is 27.6. The molecule has 106 valence electrons. The Hall–Kier alpha value is -1.11. The number of halogens is 1. The van der Waals surface area contributed by atoms with Crippen LogP contribution in [0.4, 0.5) is 0 Å². The Labute approximate surface area is 117 Å². The molecular weight excluding hydrogens is 290 g/mol. The first-order valence-corrected chi connectivity index (χ1v) is 8.05. The maximum absolute atomic E-state index is 12.1. The minimum atomic E-state index is -3.83. The molecule has 0 aliphatic rings. The molecule has 0 N–H and O–H groups in total. The van der Waals surface area contributed by atoms with Gasteiger partial charge in [0.05, 0.1) is 11.5 Å². The van der Waals surface area contributed by atoms with Crippen molar-refractivity contribution in [2.75, 3.05) is 26.8 Å². The Kier molecular flexibility index (Phi) is 5.78. The Balaban J connectivity index is 2.82. The second kappa shape index (κ2) is 6.88. The summed E-state index contributed by atoms with van der Waals surface area (Å²) in [5.74, 6) is -0.276. The minimum absolute atomic E-state index is 0.0850. The van der Waals surface area contributed by atoms with Crippen LogP contribution in [-0.4, -0.2) is 46.0 Å². The molecule has 0 atom stereocenters. The zero-order valence-corrected chi connectivity index (χ0v) is 12.4. The Morgan fingerprint density at radius 3 is 2.68 bits per heavy atom. The fraction of sp³-hybridized carbons (Fsp3) is 0.417. The van der Waals surface area contributed by atoms with Gasteiger partial charge in [0.25, 0.3) is 15.0 Å². The van der Waals surface area contributed by atoms with Gasteiger partial charge in [0.15, 0.2) is 0 Å². The summed E-state index contributed by atoms with van der Waals surface area (Å²) >= 11 is 0. The highest BCUT2D eigenvalue weighted by Gasteiger charge is 2.15. The summed E-state index contributed by atoms with van der Waals surface area (Å²) in [6, 6.07) is 5.64. The van der Waals surface area contributed by atoms with E-state index in [1.807, 2.05) is 6.92 Å². The molecule has 1 amide bonds. The lowest BCUT2D eigenvalue weighted by Crippen LogP contribution is -2.30. The average molecular weight is 306 g/mol. The fourth-order valence-electron chi connectivity index (χ4n) is 1.45. The number of carbonyl (C=O) groups is 1. The predicted octanol–water partition coefficient (Wildman–Crippen LogP) is 1.72. The van der Waals surface area contributed by atoms with Crippen molar-refractivity contribution < 1.29 is 17.9 Å². The van der Waals surface area contributed by atoms with Crippen LogP contribution in [0.5, 0.6) is 0 Å². The second-order valence-corrected chi connectivity index (χ2v) is 6.46. The number of rotatable bonds is 6. The van der Waals surface area contributed by atoms with Crippen LogP contribution in [-0.2, 0) is 13.8 Å². The SMILES string of the molecule is CCOCCN(C)C(=O)c1cccc(S(=O)(=O)Cl)c1. The average Bonchev–Trinajstić information content (AvgIpc) is 2.37. The summed E-state index contributed by atoms with van der Waals surface area (Å²) in [5, 5.41) is 0. The predicted molar refractivity (Wildman–Crippen MR) is 72.9 cm³/mol. The molecule has 1 aromatic rings. The molecule has 0 saturated heterocycles. The van der Waals surface area contributed by atoms with Crippen LogP contribution in [0, 0.1) is 0 Å². The highest BCUT2D eigenvalue weighted by Crippen LogP contribution is 2.16. The number of ether oxygens (including phenoxy) is 1. The molecule has 1 rings (SSSR count).